The van der Waals surface area contributed by atoms with Gasteiger partial charge in [0.15, 0.2) is 5.82 Å². The zero-order valence-electron chi connectivity index (χ0n) is 11.4. The van der Waals surface area contributed by atoms with E-state index in [2.05, 4.69) is 15.2 Å². The molecule has 1 aromatic carbocycles. The maximum absolute atomic E-state index is 9.69. The second kappa shape index (κ2) is 5.34. The summed E-state index contributed by atoms with van der Waals surface area (Å²) < 4.78 is 1.77. The first-order chi connectivity index (χ1) is 10.2. The number of rotatable bonds is 3. The third kappa shape index (κ3) is 2.36. The fourth-order valence-electron chi connectivity index (χ4n) is 2.12. The molecule has 0 amide bonds. The van der Waals surface area contributed by atoms with Gasteiger partial charge >= 0.3 is 0 Å². The summed E-state index contributed by atoms with van der Waals surface area (Å²) in [5.74, 6) is 0.646. The van der Waals surface area contributed by atoms with Crippen LogP contribution >= 0.6 is 0 Å². The predicted molar refractivity (Wildman–Crippen MR) is 78.1 cm³/mol. The average Bonchev–Trinajstić information content (AvgIpc) is 2.82. The Balaban J connectivity index is 2.09. The van der Waals surface area contributed by atoms with Crippen LogP contribution in [0.1, 0.15) is 11.3 Å². The summed E-state index contributed by atoms with van der Waals surface area (Å²) in [5.41, 5.74) is 2.48. The molecule has 0 saturated heterocycles. The number of phenols is 1. The number of aromatic hydroxyl groups is 1. The van der Waals surface area contributed by atoms with Crippen LogP contribution < -0.4 is 0 Å². The Labute approximate surface area is 121 Å². The second-order valence-corrected chi connectivity index (χ2v) is 4.59. The normalized spacial score (nSPS) is 11.5. The van der Waals surface area contributed by atoms with E-state index in [-0.39, 0.29) is 12.4 Å². The van der Waals surface area contributed by atoms with E-state index >= 15 is 0 Å². The van der Waals surface area contributed by atoms with E-state index in [1.165, 1.54) is 0 Å². The minimum Gasteiger partial charge on any atom is -0.506 e. The molecule has 0 aliphatic carbocycles. The van der Waals surface area contributed by atoms with E-state index in [4.69, 9.17) is 0 Å². The van der Waals surface area contributed by atoms with Crippen molar-refractivity contribution in [2.24, 2.45) is 10.2 Å². The summed E-state index contributed by atoms with van der Waals surface area (Å²) >= 11 is 0. The maximum atomic E-state index is 9.69. The van der Waals surface area contributed by atoms with E-state index in [1.54, 1.807) is 28.7 Å². The van der Waals surface area contributed by atoms with Gasteiger partial charge < -0.3 is 10.2 Å². The predicted octanol–water partition coefficient (Wildman–Crippen LogP) is 3.26. The number of para-hydroxylation sites is 1. The van der Waals surface area contributed by atoms with Crippen molar-refractivity contribution in [3.05, 3.63) is 53.9 Å². The van der Waals surface area contributed by atoms with Crippen LogP contribution in [-0.4, -0.2) is 19.6 Å². The molecule has 0 aliphatic heterocycles. The average molecular weight is 282 g/mol. The molecule has 0 aliphatic rings. The largest absolute Gasteiger partial charge is 0.506 e. The zero-order chi connectivity index (χ0) is 14.8. The Bertz CT molecular complexity index is 824. The highest BCUT2D eigenvalue weighted by molar-refractivity contribution is 5.57. The molecule has 0 fully saturated rings. The van der Waals surface area contributed by atoms with Crippen molar-refractivity contribution in [2.45, 2.75) is 13.5 Å². The molecule has 0 saturated carbocycles. The van der Waals surface area contributed by atoms with Gasteiger partial charge in [-0.1, -0.05) is 18.2 Å². The fourth-order valence-corrected chi connectivity index (χ4v) is 2.12. The molecule has 0 bridgehead atoms. The first-order valence-electron chi connectivity index (χ1n) is 6.48. The quantitative estimate of drug-likeness (QED) is 0.723. The van der Waals surface area contributed by atoms with Crippen LogP contribution in [0.15, 0.2) is 52.8 Å². The third-order valence-corrected chi connectivity index (χ3v) is 3.18. The summed E-state index contributed by atoms with van der Waals surface area (Å²) in [7, 11) is 0. The summed E-state index contributed by atoms with van der Waals surface area (Å²) in [6, 6.07) is 10.4. The first kappa shape index (κ1) is 13.3. The summed E-state index contributed by atoms with van der Waals surface area (Å²) in [6.07, 6.45) is 1.81. The van der Waals surface area contributed by atoms with Gasteiger partial charge in [-0.3, -0.25) is 4.40 Å². The molecule has 2 heterocycles. The smallest absolute Gasteiger partial charge is 0.182 e. The summed E-state index contributed by atoms with van der Waals surface area (Å²) in [4.78, 5) is 4.41. The lowest BCUT2D eigenvalue weighted by Crippen LogP contribution is -1.90. The third-order valence-electron chi connectivity index (χ3n) is 3.18. The topological polar surface area (TPSA) is 82.5 Å². The van der Waals surface area contributed by atoms with Gasteiger partial charge in [0.25, 0.3) is 0 Å². The van der Waals surface area contributed by atoms with Gasteiger partial charge in [0, 0.05) is 11.8 Å². The van der Waals surface area contributed by atoms with Crippen molar-refractivity contribution >= 4 is 17.2 Å². The maximum Gasteiger partial charge on any atom is 0.182 e. The monoisotopic (exact) mass is 282 g/mol. The molecule has 3 rings (SSSR count). The summed E-state index contributed by atoms with van der Waals surface area (Å²) in [5, 5.41) is 27.3. The van der Waals surface area contributed by atoms with Gasteiger partial charge in [-0.25, -0.2) is 4.98 Å². The highest BCUT2D eigenvalue weighted by atomic mass is 16.3. The number of aromatic nitrogens is 2. The second-order valence-electron chi connectivity index (χ2n) is 4.59. The minimum absolute atomic E-state index is 0.0729. The van der Waals surface area contributed by atoms with Crippen LogP contribution in [0.4, 0.5) is 11.5 Å². The van der Waals surface area contributed by atoms with E-state index in [0.29, 0.717) is 22.8 Å². The molecule has 2 N–H and O–H groups in total. The number of hydrogen-bond donors (Lipinski definition) is 2. The van der Waals surface area contributed by atoms with Crippen LogP contribution in [0, 0.1) is 6.92 Å². The Morgan fingerprint density at radius 3 is 2.71 bits per heavy atom. The molecular weight excluding hydrogens is 268 g/mol. The number of aryl methyl sites for hydroxylation is 1. The van der Waals surface area contributed by atoms with E-state index < -0.39 is 0 Å². The molecule has 2 aromatic heterocycles. The number of fused-ring (bicyclic) bond motifs is 1. The van der Waals surface area contributed by atoms with Crippen molar-refractivity contribution < 1.29 is 10.2 Å². The van der Waals surface area contributed by atoms with E-state index in [9.17, 15) is 10.2 Å². The molecule has 3 aromatic rings. The standard InChI is InChI=1S/C15H14N4O2/c1-10-14(18-17-12-6-2-3-7-13(12)21)19-8-4-5-11(9-20)15(19)16-10/h2-8,20-21H,9H2,1H3. The van der Waals surface area contributed by atoms with Gasteiger partial charge in [-0.2, -0.15) is 0 Å². The van der Waals surface area contributed by atoms with Crippen molar-refractivity contribution in [2.75, 3.05) is 0 Å². The van der Waals surface area contributed by atoms with Crippen molar-refractivity contribution in [3.63, 3.8) is 0 Å². The molecular formula is C15H14N4O2. The molecule has 6 nitrogen and oxygen atoms in total. The zero-order valence-corrected chi connectivity index (χ0v) is 11.4. The molecule has 0 unspecified atom stereocenters. The Kier molecular flexibility index (Phi) is 3.37. The number of aliphatic hydroxyl groups is 1. The number of pyridine rings is 1. The van der Waals surface area contributed by atoms with Crippen LogP contribution in [-0.2, 0) is 6.61 Å². The number of imidazole rings is 1. The van der Waals surface area contributed by atoms with Crippen molar-refractivity contribution in [1.82, 2.24) is 9.38 Å². The van der Waals surface area contributed by atoms with Gasteiger partial charge in [0.2, 0.25) is 0 Å². The van der Waals surface area contributed by atoms with Crippen LogP contribution in [0.5, 0.6) is 5.75 Å². The Hall–Kier alpha value is -2.73. The number of aliphatic hydroxyl groups excluding tert-OH is 1. The number of benzene rings is 1. The van der Waals surface area contributed by atoms with Gasteiger partial charge in [0.1, 0.15) is 17.1 Å². The van der Waals surface area contributed by atoms with Crippen LogP contribution in [0.2, 0.25) is 0 Å². The first-order valence-corrected chi connectivity index (χ1v) is 6.48. The number of nitrogens with zero attached hydrogens (tertiary/aromatic N) is 4. The Morgan fingerprint density at radius 1 is 1.14 bits per heavy atom. The lowest BCUT2D eigenvalue weighted by Gasteiger charge is -2.00. The number of hydrogen-bond acceptors (Lipinski definition) is 5. The highest BCUT2D eigenvalue weighted by Crippen LogP contribution is 2.29. The van der Waals surface area contributed by atoms with Crippen molar-refractivity contribution in [1.29, 1.82) is 0 Å². The molecule has 0 atom stereocenters. The highest BCUT2D eigenvalue weighted by Gasteiger charge is 2.11. The molecule has 6 heteroatoms. The SMILES string of the molecule is Cc1nc2c(CO)cccn2c1N=Nc1ccccc1O. The van der Waals surface area contributed by atoms with Crippen LogP contribution in [0.25, 0.3) is 5.65 Å². The minimum atomic E-state index is -0.0865. The molecule has 106 valence electrons. The number of azo groups is 1. The molecule has 21 heavy (non-hydrogen) atoms. The van der Waals surface area contributed by atoms with Gasteiger partial charge in [0.05, 0.1) is 12.3 Å². The van der Waals surface area contributed by atoms with E-state index in [0.717, 1.165) is 5.56 Å². The lowest BCUT2D eigenvalue weighted by atomic mass is 10.3. The molecule has 0 spiro atoms. The van der Waals surface area contributed by atoms with Gasteiger partial charge in [-0.05, 0) is 25.1 Å². The van der Waals surface area contributed by atoms with Crippen molar-refractivity contribution in [3.8, 4) is 5.75 Å². The fraction of sp³-hybridized carbons (Fsp3) is 0.133. The Morgan fingerprint density at radius 2 is 1.95 bits per heavy atom. The van der Waals surface area contributed by atoms with Crippen LogP contribution in [0.3, 0.4) is 0 Å². The summed E-state index contributed by atoms with van der Waals surface area (Å²) in [6.45, 7) is 1.74. The van der Waals surface area contributed by atoms with E-state index in [1.807, 2.05) is 25.3 Å². The lowest BCUT2D eigenvalue weighted by molar-refractivity contribution is 0.282. The van der Waals surface area contributed by atoms with Gasteiger partial charge in [-0.15, -0.1) is 10.2 Å². The number of phenolic OH excluding ortho intramolecular Hbond substituents is 1. The molecule has 0 radical (unpaired) electrons.